The number of amides is 1. The molecule has 0 unspecified atom stereocenters. The van der Waals surface area contributed by atoms with Crippen LogP contribution in [0.2, 0.25) is 0 Å². The minimum Gasteiger partial charge on any atom is -0.480 e. The van der Waals surface area contributed by atoms with Gasteiger partial charge in [0.2, 0.25) is 5.91 Å². The lowest BCUT2D eigenvalue weighted by atomic mass is 10.3. The van der Waals surface area contributed by atoms with Gasteiger partial charge in [-0.05, 0) is 35.4 Å². The van der Waals surface area contributed by atoms with E-state index < -0.39 is 5.97 Å². The number of carboxylic acids is 1. The number of carboxylic acid groups (broad SMARTS) is 1. The van der Waals surface area contributed by atoms with Gasteiger partial charge >= 0.3 is 5.97 Å². The normalized spacial score (nSPS) is 10.7. The molecule has 1 N–H and O–H groups in total. The summed E-state index contributed by atoms with van der Waals surface area (Å²) in [6, 6.07) is 1.98. The summed E-state index contributed by atoms with van der Waals surface area (Å²) in [6.07, 6.45) is 0.828. The molecule has 1 rings (SSSR count). The number of carbonyl (C=O) groups is 2. The Morgan fingerprint density at radius 3 is 2.63 bits per heavy atom. The first-order valence-electron chi connectivity index (χ1n) is 6.22. The number of nitrogens with zero attached hydrogens (tertiary/aromatic N) is 2. The standard InChI is InChI=1S/C13H20N2O3S/c1-3-5-15(9-13(17)18)8-12(16)14(2)7-11-4-6-19-10-11/h4,6,10H,3,5,7-9H2,1-2H3,(H,17,18). The lowest BCUT2D eigenvalue weighted by molar-refractivity contribution is -0.139. The number of rotatable bonds is 8. The average molecular weight is 284 g/mol. The topological polar surface area (TPSA) is 60.9 Å². The van der Waals surface area contributed by atoms with Gasteiger partial charge in [-0.3, -0.25) is 14.5 Å². The van der Waals surface area contributed by atoms with E-state index in [1.54, 1.807) is 28.2 Å². The highest BCUT2D eigenvalue weighted by molar-refractivity contribution is 7.07. The van der Waals surface area contributed by atoms with Crippen molar-refractivity contribution in [2.75, 3.05) is 26.7 Å². The molecule has 0 bridgehead atoms. The molecule has 0 fully saturated rings. The van der Waals surface area contributed by atoms with Gasteiger partial charge in [0.25, 0.3) is 0 Å². The molecule has 1 heterocycles. The fourth-order valence-electron chi connectivity index (χ4n) is 1.78. The van der Waals surface area contributed by atoms with Gasteiger partial charge in [0.05, 0.1) is 13.1 Å². The summed E-state index contributed by atoms with van der Waals surface area (Å²) in [5, 5.41) is 12.8. The maximum absolute atomic E-state index is 12.0. The molecule has 5 nitrogen and oxygen atoms in total. The van der Waals surface area contributed by atoms with E-state index in [1.165, 1.54) is 0 Å². The first-order valence-corrected chi connectivity index (χ1v) is 7.16. The summed E-state index contributed by atoms with van der Waals surface area (Å²) in [4.78, 5) is 26.1. The Bertz CT molecular complexity index is 406. The maximum atomic E-state index is 12.0. The molecule has 1 aromatic heterocycles. The minimum atomic E-state index is -0.901. The van der Waals surface area contributed by atoms with Gasteiger partial charge in [-0.1, -0.05) is 6.92 Å². The quantitative estimate of drug-likeness (QED) is 0.786. The van der Waals surface area contributed by atoms with Crippen LogP contribution in [0.5, 0.6) is 0 Å². The van der Waals surface area contributed by atoms with Gasteiger partial charge < -0.3 is 10.0 Å². The molecule has 0 saturated heterocycles. The smallest absolute Gasteiger partial charge is 0.317 e. The Labute approximate surface area is 117 Å². The number of aliphatic carboxylic acids is 1. The molecular weight excluding hydrogens is 264 g/mol. The molecule has 0 aliphatic heterocycles. The van der Waals surface area contributed by atoms with Crippen molar-refractivity contribution in [2.24, 2.45) is 0 Å². The molecule has 19 heavy (non-hydrogen) atoms. The zero-order chi connectivity index (χ0) is 14.3. The first kappa shape index (κ1) is 15.7. The summed E-state index contributed by atoms with van der Waals surface area (Å²) in [5.74, 6) is -0.956. The number of likely N-dealkylation sites (N-methyl/N-ethyl adjacent to an activating group) is 1. The monoisotopic (exact) mass is 284 g/mol. The van der Waals surface area contributed by atoms with Crippen molar-refractivity contribution in [3.63, 3.8) is 0 Å². The summed E-state index contributed by atoms with van der Waals surface area (Å²) in [5.41, 5.74) is 1.10. The lowest BCUT2D eigenvalue weighted by Gasteiger charge is -2.23. The van der Waals surface area contributed by atoms with E-state index >= 15 is 0 Å². The first-order chi connectivity index (χ1) is 9.02. The fraction of sp³-hybridized carbons (Fsp3) is 0.538. The zero-order valence-electron chi connectivity index (χ0n) is 11.3. The van der Waals surface area contributed by atoms with Gasteiger partial charge in [-0.2, -0.15) is 11.3 Å². The molecular formula is C13H20N2O3S. The van der Waals surface area contributed by atoms with Gasteiger partial charge in [0.1, 0.15) is 0 Å². The van der Waals surface area contributed by atoms with Crippen molar-refractivity contribution in [2.45, 2.75) is 19.9 Å². The van der Waals surface area contributed by atoms with Crippen LogP contribution in [0.25, 0.3) is 0 Å². The van der Waals surface area contributed by atoms with Gasteiger partial charge in [-0.15, -0.1) is 0 Å². The summed E-state index contributed by atoms with van der Waals surface area (Å²) >= 11 is 1.60. The Morgan fingerprint density at radius 2 is 2.11 bits per heavy atom. The van der Waals surface area contributed by atoms with E-state index in [9.17, 15) is 9.59 Å². The lowest BCUT2D eigenvalue weighted by Crippen LogP contribution is -2.40. The Balaban J connectivity index is 2.48. The second-order valence-corrected chi connectivity index (χ2v) is 5.27. The third kappa shape index (κ3) is 5.85. The molecule has 0 aliphatic carbocycles. The second kappa shape index (κ2) is 7.91. The average Bonchev–Trinajstić information content (AvgIpc) is 2.81. The SMILES string of the molecule is CCCN(CC(=O)O)CC(=O)N(C)Cc1ccsc1. The third-order valence-corrected chi connectivity index (χ3v) is 3.42. The number of hydrogen-bond donors (Lipinski definition) is 1. The van der Waals surface area contributed by atoms with E-state index in [2.05, 4.69) is 0 Å². The Hall–Kier alpha value is -1.40. The summed E-state index contributed by atoms with van der Waals surface area (Å²) in [7, 11) is 1.74. The van der Waals surface area contributed by atoms with Crippen molar-refractivity contribution in [1.82, 2.24) is 9.80 Å². The summed E-state index contributed by atoms with van der Waals surface area (Å²) < 4.78 is 0. The fourth-order valence-corrected chi connectivity index (χ4v) is 2.44. The summed E-state index contributed by atoms with van der Waals surface area (Å²) in [6.45, 7) is 3.21. The molecule has 0 atom stereocenters. The molecule has 0 radical (unpaired) electrons. The van der Waals surface area contributed by atoms with Crippen LogP contribution >= 0.6 is 11.3 Å². The van der Waals surface area contributed by atoms with Gasteiger partial charge in [-0.25, -0.2) is 0 Å². The van der Waals surface area contributed by atoms with Crippen molar-refractivity contribution in [3.05, 3.63) is 22.4 Å². The van der Waals surface area contributed by atoms with E-state index in [1.807, 2.05) is 23.8 Å². The predicted octanol–water partition coefficient (Wildman–Crippen LogP) is 1.50. The number of carbonyl (C=O) groups excluding carboxylic acids is 1. The number of thiophene rings is 1. The van der Waals surface area contributed by atoms with Crippen LogP contribution in [-0.2, 0) is 16.1 Å². The molecule has 0 aromatic carbocycles. The Morgan fingerprint density at radius 1 is 1.37 bits per heavy atom. The minimum absolute atomic E-state index is 0.0547. The largest absolute Gasteiger partial charge is 0.480 e. The van der Waals surface area contributed by atoms with Crippen LogP contribution in [-0.4, -0.2) is 53.5 Å². The van der Waals surface area contributed by atoms with Crippen molar-refractivity contribution in [3.8, 4) is 0 Å². The van der Waals surface area contributed by atoms with Gasteiger partial charge in [0, 0.05) is 13.6 Å². The van der Waals surface area contributed by atoms with Crippen LogP contribution in [0, 0.1) is 0 Å². The Kier molecular flexibility index (Phi) is 6.52. The molecule has 0 aliphatic rings. The van der Waals surface area contributed by atoms with Crippen LogP contribution in [0.15, 0.2) is 16.8 Å². The molecule has 106 valence electrons. The maximum Gasteiger partial charge on any atom is 0.317 e. The van der Waals surface area contributed by atoms with E-state index in [0.29, 0.717) is 13.1 Å². The van der Waals surface area contributed by atoms with Crippen LogP contribution in [0.4, 0.5) is 0 Å². The van der Waals surface area contributed by atoms with E-state index in [0.717, 1.165) is 12.0 Å². The third-order valence-electron chi connectivity index (χ3n) is 2.68. The predicted molar refractivity (Wildman–Crippen MR) is 75.2 cm³/mol. The second-order valence-electron chi connectivity index (χ2n) is 4.49. The number of hydrogen-bond acceptors (Lipinski definition) is 4. The molecule has 0 saturated carbocycles. The highest BCUT2D eigenvalue weighted by Gasteiger charge is 2.16. The van der Waals surface area contributed by atoms with Crippen molar-refractivity contribution >= 4 is 23.2 Å². The van der Waals surface area contributed by atoms with Crippen molar-refractivity contribution < 1.29 is 14.7 Å². The molecule has 1 amide bonds. The highest BCUT2D eigenvalue weighted by atomic mass is 32.1. The van der Waals surface area contributed by atoms with Gasteiger partial charge in [0.15, 0.2) is 0 Å². The molecule has 6 heteroatoms. The van der Waals surface area contributed by atoms with Crippen LogP contribution in [0.3, 0.4) is 0 Å². The zero-order valence-corrected chi connectivity index (χ0v) is 12.2. The van der Waals surface area contributed by atoms with Crippen molar-refractivity contribution in [1.29, 1.82) is 0 Å². The van der Waals surface area contributed by atoms with Crippen LogP contribution in [0.1, 0.15) is 18.9 Å². The highest BCUT2D eigenvalue weighted by Crippen LogP contribution is 2.08. The molecule has 1 aromatic rings. The van der Waals surface area contributed by atoms with E-state index in [-0.39, 0.29) is 19.0 Å². The molecule has 0 spiro atoms. The van der Waals surface area contributed by atoms with E-state index in [4.69, 9.17) is 5.11 Å². The van der Waals surface area contributed by atoms with Crippen LogP contribution < -0.4 is 0 Å².